The van der Waals surface area contributed by atoms with Gasteiger partial charge in [0.05, 0.1) is 18.3 Å². The number of nitrogens with zero attached hydrogens (tertiary/aromatic N) is 2. The number of aryl methyl sites for hydroxylation is 1. The quantitative estimate of drug-likeness (QED) is 0.911. The van der Waals surface area contributed by atoms with Gasteiger partial charge in [0.2, 0.25) is 0 Å². The summed E-state index contributed by atoms with van der Waals surface area (Å²) in [5, 5.41) is 9.72. The van der Waals surface area contributed by atoms with Crippen molar-refractivity contribution in [2.45, 2.75) is 26.0 Å². The Morgan fingerprint density at radius 3 is 2.75 bits per heavy atom. The monoisotopic (exact) mass is 270 g/mol. The smallest absolute Gasteiger partial charge is 0.143 e. The fourth-order valence-electron chi connectivity index (χ4n) is 2.55. The lowest BCUT2D eigenvalue weighted by Crippen LogP contribution is -2.48. The minimum absolute atomic E-state index is 0.0189. The number of rotatable bonds is 2. The summed E-state index contributed by atoms with van der Waals surface area (Å²) in [6.07, 6.45) is 1.74. The van der Waals surface area contributed by atoms with Crippen LogP contribution in [-0.2, 0) is 0 Å². The van der Waals surface area contributed by atoms with Gasteiger partial charge < -0.3 is 14.7 Å². The van der Waals surface area contributed by atoms with E-state index < -0.39 is 0 Å². The zero-order valence-corrected chi connectivity index (χ0v) is 11.7. The Kier molecular flexibility index (Phi) is 3.32. The molecule has 1 aromatic carbocycles. The summed E-state index contributed by atoms with van der Waals surface area (Å²) in [7, 11) is 0. The van der Waals surface area contributed by atoms with Crippen LogP contribution in [0.1, 0.15) is 12.5 Å². The van der Waals surface area contributed by atoms with E-state index in [9.17, 15) is 5.11 Å². The lowest BCUT2D eigenvalue weighted by molar-refractivity contribution is 0.130. The fourth-order valence-corrected chi connectivity index (χ4v) is 2.55. The average molecular weight is 270 g/mol. The number of aliphatic hydroxyl groups is 1. The molecule has 2 heterocycles. The van der Waals surface area contributed by atoms with Crippen LogP contribution in [-0.4, -0.2) is 28.8 Å². The van der Waals surface area contributed by atoms with Gasteiger partial charge in [-0.05, 0) is 37.6 Å². The molecule has 0 spiro atoms. The molecule has 1 aliphatic heterocycles. The molecule has 1 aromatic heterocycles. The van der Waals surface area contributed by atoms with Crippen LogP contribution in [0.3, 0.4) is 0 Å². The number of hydrogen-bond donors (Lipinski definition) is 1. The van der Waals surface area contributed by atoms with Crippen molar-refractivity contribution < 1.29 is 9.84 Å². The third kappa shape index (κ3) is 2.12. The molecule has 0 radical (unpaired) electrons. The minimum atomic E-state index is -0.139. The van der Waals surface area contributed by atoms with E-state index in [-0.39, 0.29) is 18.8 Å². The molecule has 0 bridgehead atoms. The van der Waals surface area contributed by atoms with Crippen LogP contribution in [0.25, 0.3) is 0 Å². The fraction of sp³-hybridized carbons (Fsp3) is 0.312. The van der Waals surface area contributed by atoms with E-state index in [0.717, 1.165) is 22.8 Å². The van der Waals surface area contributed by atoms with Gasteiger partial charge in [0.25, 0.3) is 0 Å². The van der Waals surface area contributed by atoms with E-state index in [1.807, 2.05) is 56.4 Å². The molecule has 0 fully saturated rings. The minimum Gasteiger partial charge on any atom is -0.486 e. The number of aliphatic hydroxyl groups excluding tert-OH is 1. The topological polar surface area (TPSA) is 45.6 Å². The van der Waals surface area contributed by atoms with E-state index in [4.69, 9.17) is 4.74 Å². The van der Waals surface area contributed by atoms with Crippen molar-refractivity contribution in [3.8, 4) is 5.75 Å². The van der Waals surface area contributed by atoms with Gasteiger partial charge in [-0.15, -0.1) is 0 Å². The highest BCUT2D eigenvalue weighted by Crippen LogP contribution is 2.39. The third-order valence-corrected chi connectivity index (χ3v) is 3.64. The number of fused-ring (bicyclic) bond motifs is 1. The lowest BCUT2D eigenvalue weighted by Gasteiger charge is -2.40. The zero-order chi connectivity index (χ0) is 14.1. The molecule has 1 aliphatic rings. The second-order valence-electron chi connectivity index (χ2n) is 5.10. The highest BCUT2D eigenvalue weighted by molar-refractivity contribution is 5.69. The third-order valence-electron chi connectivity index (χ3n) is 3.64. The summed E-state index contributed by atoms with van der Waals surface area (Å²) in [5.74, 6) is 1.66. The number of pyridine rings is 1. The maximum absolute atomic E-state index is 9.72. The molecule has 0 saturated heterocycles. The van der Waals surface area contributed by atoms with Crippen LogP contribution in [0.5, 0.6) is 5.75 Å². The van der Waals surface area contributed by atoms with Crippen molar-refractivity contribution >= 4 is 11.5 Å². The Labute approximate surface area is 118 Å². The van der Waals surface area contributed by atoms with Crippen molar-refractivity contribution in [2.75, 3.05) is 11.5 Å². The van der Waals surface area contributed by atoms with Gasteiger partial charge in [-0.25, -0.2) is 4.98 Å². The molecule has 0 aliphatic carbocycles. The number of aromatic nitrogens is 1. The normalized spacial score (nSPS) is 21.2. The first-order chi connectivity index (χ1) is 9.70. The van der Waals surface area contributed by atoms with Crippen LogP contribution in [0.4, 0.5) is 11.5 Å². The number of anilines is 2. The van der Waals surface area contributed by atoms with Crippen LogP contribution >= 0.6 is 0 Å². The van der Waals surface area contributed by atoms with E-state index in [0.29, 0.717) is 0 Å². The molecule has 0 amide bonds. The van der Waals surface area contributed by atoms with Gasteiger partial charge >= 0.3 is 0 Å². The Morgan fingerprint density at radius 1 is 1.25 bits per heavy atom. The molecule has 2 aromatic rings. The summed E-state index contributed by atoms with van der Waals surface area (Å²) in [6, 6.07) is 11.7. The standard InChI is InChI=1S/C16H18N2O2/c1-11-7-8-16(17-9-11)18-13-5-3-4-6-15(13)20-12(2)14(18)10-19/h3-9,12,14,19H,10H2,1-2H3/t12-,14?/m0/s1. The number of ether oxygens (including phenoxy) is 1. The first-order valence-electron chi connectivity index (χ1n) is 6.79. The molecule has 3 rings (SSSR count). The van der Waals surface area contributed by atoms with E-state index in [2.05, 4.69) is 9.88 Å². The molecule has 1 unspecified atom stereocenters. The van der Waals surface area contributed by atoms with Gasteiger partial charge in [0.15, 0.2) is 0 Å². The lowest BCUT2D eigenvalue weighted by atomic mass is 10.1. The van der Waals surface area contributed by atoms with Crippen LogP contribution in [0.15, 0.2) is 42.6 Å². The highest BCUT2D eigenvalue weighted by Gasteiger charge is 2.34. The summed E-state index contributed by atoms with van der Waals surface area (Å²) in [4.78, 5) is 6.55. The Morgan fingerprint density at radius 2 is 2.05 bits per heavy atom. The van der Waals surface area contributed by atoms with Gasteiger partial charge in [0, 0.05) is 6.20 Å². The number of para-hydroxylation sites is 2. The second kappa shape index (κ2) is 5.13. The molecule has 0 saturated carbocycles. The molecule has 4 heteroatoms. The predicted molar refractivity (Wildman–Crippen MR) is 78.5 cm³/mol. The van der Waals surface area contributed by atoms with Crippen LogP contribution in [0.2, 0.25) is 0 Å². The first kappa shape index (κ1) is 12.9. The molecule has 2 atom stereocenters. The number of benzene rings is 1. The van der Waals surface area contributed by atoms with Gasteiger partial charge in [-0.3, -0.25) is 0 Å². The maximum atomic E-state index is 9.72. The maximum Gasteiger partial charge on any atom is 0.143 e. The molecular weight excluding hydrogens is 252 g/mol. The summed E-state index contributed by atoms with van der Waals surface area (Å²) >= 11 is 0. The van der Waals surface area contributed by atoms with Gasteiger partial charge in [0.1, 0.15) is 17.7 Å². The molecule has 104 valence electrons. The largest absolute Gasteiger partial charge is 0.486 e. The highest BCUT2D eigenvalue weighted by atomic mass is 16.5. The molecule has 4 nitrogen and oxygen atoms in total. The van der Waals surface area contributed by atoms with E-state index >= 15 is 0 Å². The van der Waals surface area contributed by atoms with E-state index in [1.165, 1.54) is 0 Å². The molecular formula is C16H18N2O2. The Hall–Kier alpha value is -2.07. The van der Waals surface area contributed by atoms with Crippen LogP contribution in [0, 0.1) is 6.92 Å². The predicted octanol–water partition coefficient (Wildman–Crippen LogP) is 2.67. The van der Waals surface area contributed by atoms with Crippen molar-refractivity contribution in [2.24, 2.45) is 0 Å². The number of hydrogen-bond acceptors (Lipinski definition) is 4. The van der Waals surface area contributed by atoms with Crippen LogP contribution < -0.4 is 9.64 Å². The van der Waals surface area contributed by atoms with Crippen molar-refractivity contribution in [1.82, 2.24) is 4.98 Å². The summed E-state index contributed by atoms with van der Waals surface area (Å²) < 4.78 is 5.88. The summed E-state index contributed by atoms with van der Waals surface area (Å²) in [5.41, 5.74) is 2.06. The Bertz CT molecular complexity index is 598. The molecule has 1 N–H and O–H groups in total. The van der Waals surface area contributed by atoms with E-state index in [1.54, 1.807) is 0 Å². The van der Waals surface area contributed by atoms with Crippen molar-refractivity contribution in [3.05, 3.63) is 48.2 Å². The van der Waals surface area contributed by atoms with Crippen molar-refractivity contribution in [1.29, 1.82) is 0 Å². The molecule has 20 heavy (non-hydrogen) atoms. The SMILES string of the molecule is Cc1ccc(N2c3ccccc3O[C@@H](C)C2CO)nc1. The second-order valence-corrected chi connectivity index (χ2v) is 5.10. The average Bonchev–Trinajstić information content (AvgIpc) is 2.47. The Balaban J connectivity index is 2.11. The van der Waals surface area contributed by atoms with Gasteiger partial charge in [-0.2, -0.15) is 0 Å². The summed E-state index contributed by atoms with van der Waals surface area (Å²) in [6.45, 7) is 4.00. The van der Waals surface area contributed by atoms with Gasteiger partial charge in [-0.1, -0.05) is 18.2 Å². The first-order valence-corrected chi connectivity index (χ1v) is 6.79. The van der Waals surface area contributed by atoms with Crippen molar-refractivity contribution in [3.63, 3.8) is 0 Å². The zero-order valence-electron chi connectivity index (χ0n) is 11.7.